The molecule has 1 aromatic carbocycles. The fourth-order valence-corrected chi connectivity index (χ4v) is 3.17. The third-order valence-electron chi connectivity index (χ3n) is 3.66. The molecule has 2 rings (SSSR count). The summed E-state index contributed by atoms with van der Waals surface area (Å²) >= 11 is 3.43. The fraction of sp³-hybridized carbons (Fsp3) is 0.571. The molecule has 18 heavy (non-hydrogen) atoms. The van der Waals surface area contributed by atoms with Crippen LogP contribution in [-0.2, 0) is 0 Å². The molecule has 1 aliphatic carbocycles. The zero-order valence-electron chi connectivity index (χ0n) is 10.6. The van der Waals surface area contributed by atoms with E-state index in [-0.39, 0.29) is 6.61 Å². The molecular formula is C14H21BrN2O. The van der Waals surface area contributed by atoms with Crippen LogP contribution in [0.25, 0.3) is 0 Å². The van der Waals surface area contributed by atoms with E-state index in [0.29, 0.717) is 12.6 Å². The number of anilines is 2. The van der Waals surface area contributed by atoms with Gasteiger partial charge in [0, 0.05) is 17.1 Å². The van der Waals surface area contributed by atoms with E-state index in [9.17, 15) is 5.11 Å². The second-order valence-electron chi connectivity index (χ2n) is 4.91. The molecule has 0 spiro atoms. The standard InChI is InChI=1S/C14H21BrN2O/c15-11-6-7-14(13(16)10-11)17(8-9-18)12-4-2-1-3-5-12/h6-7,10,12,18H,1-5,8-9,16H2. The third kappa shape index (κ3) is 3.18. The Kier molecular flexibility index (Phi) is 4.89. The molecule has 4 heteroatoms. The third-order valence-corrected chi connectivity index (χ3v) is 4.15. The monoisotopic (exact) mass is 312 g/mol. The van der Waals surface area contributed by atoms with E-state index in [2.05, 4.69) is 20.8 Å². The molecule has 100 valence electrons. The van der Waals surface area contributed by atoms with E-state index in [1.807, 2.05) is 18.2 Å². The Labute approximate surface area is 117 Å². The predicted molar refractivity (Wildman–Crippen MR) is 79.9 cm³/mol. The van der Waals surface area contributed by atoms with Crippen LogP contribution in [0.15, 0.2) is 22.7 Å². The van der Waals surface area contributed by atoms with Gasteiger partial charge in [-0.15, -0.1) is 0 Å². The van der Waals surface area contributed by atoms with Gasteiger partial charge >= 0.3 is 0 Å². The van der Waals surface area contributed by atoms with Crippen molar-refractivity contribution in [3.8, 4) is 0 Å². The lowest BCUT2D eigenvalue weighted by Gasteiger charge is -2.36. The average Bonchev–Trinajstić information content (AvgIpc) is 2.38. The van der Waals surface area contributed by atoms with Gasteiger partial charge in [0.2, 0.25) is 0 Å². The topological polar surface area (TPSA) is 49.5 Å². The van der Waals surface area contributed by atoms with E-state index < -0.39 is 0 Å². The summed E-state index contributed by atoms with van der Waals surface area (Å²) in [6, 6.07) is 6.51. The molecule has 0 aromatic heterocycles. The van der Waals surface area contributed by atoms with Crippen molar-refractivity contribution in [2.75, 3.05) is 23.8 Å². The van der Waals surface area contributed by atoms with E-state index in [4.69, 9.17) is 5.73 Å². The highest BCUT2D eigenvalue weighted by Gasteiger charge is 2.22. The molecule has 0 aliphatic heterocycles. The van der Waals surface area contributed by atoms with Crippen LogP contribution in [0.4, 0.5) is 11.4 Å². The lowest BCUT2D eigenvalue weighted by Crippen LogP contribution is -2.39. The molecule has 3 N–H and O–H groups in total. The van der Waals surface area contributed by atoms with Gasteiger partial charge in [-0.05, 0) is 31.0 Å². The van der Waals surface area contributed by atoms with Crippen LogP contribution in [-0.4, -0.2) is 24.3 Å². The first-order valence-electron chi connectivity index (χ1n) is 6.65. The summed E-state index contributed by atoms with van der Waals surface area (Å²) < 4.78 is 0.997. The van der Waals surface area contributed by atoms with Gasteiger partial charge in [-0.25, -0.2) is 0 Å². The summed E-state index contributed by atoms with van der Waals surface area (Å²) in [5, 5.41) is 9.28. The van der Waals surface area contributed by atoms with Crippen molar-refractivity contribution in [2.45, 2.75) is 38.1 Å². The minimum atomic E-state index is 0.173. The minimum Gasteiger partial charge on any atom is -0.397 e. The lowest BCUT2D eigenvalue weighted by molar-refractivity contribution is 0.290. The second kappa shape index (κ2) is 6.43. The summed E-state index contributed by atoms with van der Waals surface area (Å²) in [6.45, 7) is 0.836. The SMILES string of the molecule is Nc1cc(Br)ccc1N(CCO)C1CCCCC1. The normalized spacial score (nSPS) is 16.8. The highest BCUT2D eigenvalue weighted by atomic mass is 79.9. The van der Waals surface area contributed by atoms with Gasteiger partial charge < -0.3 is 15.7 Å². The van der Waals surface area contributed by atoms with Crippen LogP contribution in [0.5, 0.6) is 0 Å². The van der Waals surface area contributed by atoms with Crippen LogP contribution in [0, 0.1) is 0 Å². The average molecular weight is 313 g/mol. The maximum atomic E-state index is 9.28. The quantitative estimate of drug-likeness (QED) is 0.840. The van der Waals surface area contributed by atoms with Gasteiger partial charge in [0.05, 0.1) is 18.0 Å². The zero-order valence-corrected chi connectivity index (χ0v) is 12.2. The Balaban J connectivity index is 2.22. The van der Waals surface area contributed by atoms with Crippen LogP contribution >= 0.6 is 15.9 Å². The van der Waals surface area contributed by atoms with Crippen molar-refractivity contribution in [3.63, 3.8) is 0 Å². The van der Waals surface area contributed by atoms with Gasteiger partial charge in [0.25, 0.3) is 0 Å². The van der Waals surface area contributed by atoms with Gasteiger partial charge in [0.15, 0.2) is 0 Å². The maximum Gasteiger partial charge on any atom is 0.0606 e. The summed E-state index contributed by atoms with van der Waals surface area (Å²) in [5.74, 6) is 0. The van der Waals surface area contributed by atoms with Gasteiger partial charge in [-0.2, -0.15) is 0 Å². The number of nitrogens with two attached hydrogens (primary N) is 1. The van der Waals surface area contributed by atoms with E-state index in [0.717, 1.165) is 15.8 Å². The molecule has 1 fully saturated rings. The molecule has 0 unspecified atom stereocenters. The Morgan fingerprint density at radius 3 is 2.61 bits per heavy atom. The van der Waals surface area contributed by atoms with Crippen molar-refractivity contribution in [1.82, 2.24) is 0 Å². The van der Waals surface area contributed by atoms with Gasteiger partial charge in [-0.1, -0.05) is 35.2 Å². The highest BCUT2D eigenvalue weighted by molar-refractivity contribution is 9.10. The largest absolute Gasteiger partial charge is 0.397 e. The summed E-state index contributed by atoms with van der Waals surface area (Å²) in [5.41, 5.74) is 7.94. The predicted octanol–water partition coefficient (Wildman–Crippen LogP) is 3.16. The number of aliphatic hydroxyl groups is 1. The van der Waals surface area contributed by atoms with Crippen LogP contribution in [0.2, 0.25) is 0 Å². The molecule has 0 bridgehead atoms. The van der Waals surface area contributed by atoms with Gasteiger partial charge in [0.1, 0.15) is 0 Å². The fourth-order valence-electron chi connectivity index (χ4n) is 2.79. The number of nitrogen functional groups attached to an aromatic ring is 1. The highest BCUT2D eigenvalue weighted by Crippen LogP contribution is 2.32. The van der Waals surface area contributed by atoms with Crippen molar-refractivity contribution in [1.29, 1.82) is 0 Å². The number of nitrogens with zero attached hydrogens (tertiary/aromatic N) is 1. The van der Waals surface area contributed by atoms with E-state index in [1.54, 1.807) is 0 Å². The van der Waals surface area contributed by atoms with Gasteiger partial charge in [-0.3, -0.25) is 0 Å². The summed E-state index contributed by atoms with van der Waals surface area (Å²) in [6.07, 6.45) is 6.30. The molecule has 1 aliphatic rings. The van der Waals surface area contributed by atoms with Crippen molar-refractivity contribution >= 4 is 27.3 Å². The smallest absolute Gasteiger partial charge is 0.0606 e. The first-order valence-corrected chi connectivity index (χ1v) is 7.44. The molecule has 3 nitrogen and oxygen atoms in total. The Hall–Kier alpha value is -0.740. The van der Waals surface area contributed by atoms with E-state index in [1.165, 1.54) is 32.1 Å². The number of benzene rings is 1. The number of hydrogen-bond donors (Lipinski definition) is 2. The molecule has 1 saturated carbocycles. The minimum absolute atomic E-state index is 0.173. The summed E-state index contributed by atoms with van der Waals surface area (Å²) in [7, 11) is 0. The number of hydrogen-bond acceptors (Lipinski definition) is 3. The van der Waals surface area contributed by atoms with Crippen LogP contribution in [0.1, 0.15) is 32.1 Å². The van der Waals surface area contributed by atoms with Crippen LogP contribution < -0.4 is 10.6 Å². The van der Waals surface area contributed by atoms with E-state index >= 15 is 0 Å². The number of rotatable bonds is 4. The first kappa shape index (κ1) is 13.7. The molecule has 0 heterocycles. The molecule has 0 amide bonds. The van der Waals surface area contributed by atoms with Crippen LogP contribution in [0.3, 0.4) is 0 Å². The molecule has 0 radical (unpaired) electrons. The maximum absolute atomic E-state index is 9.28. The Morgan fingerprint density at radius 1 is 1.28 bits per heavy atom. The number of aliphatic hydroxyl groups excluding tert-OH is 1. The van der Waals surface area contributed by atoms with Crippen molar-refractivity contribution < 1.29 is 5.11 Å². The molecule has 0 atom stereocenters. The molecule has 1 aromatic rings. The van der Waals surface area contributed by atoms with Crippen molar-refractivity contribution in [3.05, 3.63) is 22.7 Å². The Bertz CT molecular complexity index is 391. The zero-order chi connectivity index (χ0) is 13.0. The Morgan fingerprint density at radius 2 is 2.00 bits per heavy atom. The number of halogens is 1. The second-order valence-corrected chi connectivity index (χ2v) is 5.83. The summed E-state index contributed by atoms with van der Waals surface area (Å²) in [4.78, 5) is 2.28. The lowest BCUT2D eigenvalue weighted by atomic mass is 9.93. The first-order chi connectivity index (χ1) is 8.72. The van der Waals surface area contributed by atoms with Crippen molar-refractivity contribution in [2.24, 2.45) is 0 Å². The molecular weight excluding hydrogens is 292 g/mol. The molecule has 0 saturated heterocycles.